The molecule has 1 aromatic carbocycles. The van der Waals surface area contributed by atoms with Gasteiger partial charge in [-0.25, -0.2) is 0 Å². The van der Waals surface area contributed by atoms with Crippen LogP contribution in [0.4, 0.5) is 0 Å². The van der Waals surface area contributed by atoms with Gasteiger partial charge in [-0.3, -0.25) is 0 Å². The van der Waals surface area contributed by atoms with Crippen LogP contribution >= 0.6 is 11.6 Å². The molecule has 1 aromatic rings. The summed E-state index contributed by atoms with van der Waals surface area (Å²) in [5.74, 6) is 0. The maximum Gasteiger partial charge on any atom is 0.0408 e. The summed E-state index contributed by atoms with van der Waals surface area (Å²) in [4.78, 5) is 2.44. The monoisotopic (exact) mass is 292 g/mol. The Kier molecular flexibility index (Phi) is 4.07. The van der Waals surface area contributed by atoms with Crippen LogP contribution in [-0.2, 0) is 6.42 Å². The molecular formula is C17H25ClN2. The highest BCUT2D eigenvalue weighted by atomic mass is 35.5. The maximum absolute atomic E-state index is 6.08. The summed E-state index contributed by atoms with van der Waals surface area (Å²) >= 11 is 6.08. The number of fused-ring (bicyclic) bond motifs is 1. The summed E-state index contributed by atoms with van der Waals surface area (Å²) in [5.41, 5.74) is 3.36. The highest BCUT2D eigenvalue weighted by Gasteiger charge is 2.30. The van der Waals surface area contributed by atoms with Crippen LogP contribution in [0.5, 0.6) is 0 Å². The van der Waals surface area contributed by atoms with Gasteiger partial charge in [0.2, 0.25) is 0 Å². The molecule has 20 heavy (non-hydrogen) atoms. The minimum Gasteiger partial charge on any atom is -0.309 e. The fourth-order valence-electron chi connectivity index (χ4n) is 3.50. The summed E-state index contributed by atoms with van der Waals surface area (Å²) in [7, 11) is 2.23. The number of halogens is 1. The molecule has 0 aromatic heterocycles. The van der Waals surface area contributed by atoms with Crippen LogP contribution in [0.15, 0.2) is 18.2 Å². The molecule has 1 atom stereocenters. The van der Waals surface area contributed by atoms with E-state index in [0.717, 1.165) is 18.0 Å². The minimum atomic E-state index is 0.460. The van der Waals surface area contributed by atoms with Crippen molar-refractivity contribution in [1.82, 2.24) is 10.2 Å². The molecule has 2 nitrogen and oxygen atoms in total. The van der Waals surface area contributed by atoms with Crippen molar-refractivity contribution in [2.24, 2.45) is 5.41 Å². The second-order valence-corrected chi connectivity index (χ2v) is 7.37. The van der Waals surface area contributed by atoms with Crippen molar-refractivity contribution in [2.75, 3.05) is 26.7 Å². The van der Waals surface area contributed by atoms with Gasteiger partial charge in [0.05, 0.1) is 0 Å². The van der Waals surface area contributed by atoms with E-state index in [4.69, 9.17) is 11.6 Å². The lowest BCUT2D eigenvalue weighted by Crippen LogP contribution is -2.42. The van der Waals surface area contributed by atoms with Gasteiger partial charge in [-0.1, -0.05) is 24.6 Å². The van der Waals surface area contributed by atoms with E-state index in [1.54, 1.807) is 0 Å². The number of aryl methyl sites for hydroxylation is 1. The summed E-state index contributed by atoms with van der Waals surface area (Å²) in [5, 5.41) is 4.69. The first-order valence-corrected chi connectivity index (χ1v) is 8.14. The quantitative estimate of drug-likeness (QED) is 0.915. The maximum atomic E-state index is 6.08. The van der Waals surface area contributed by atoms with E-state index in [1.807, 2.05) is 6.07 Å². The predicted octanol–water partition coefficient (Wildman–Crippen LogP) is 3.65. The molecule has 3 rings (SSSR count). The van der Waals surface area contributed by atoms with Crippen LogP contribution in [0.2, 0.25) is 5.02 Å². The van der Waals surface area contributed by atoms with E-state index in [2.05, 4.69) is 36.3 Å². The zero-order chi connectivity index (χ0) is 14.2. The van der Waals surface area contributed by atoms with Gasteiger partial charge in [0, 0.05) is 17.6 Å². The topological polar surface area (TPSA) is 15.3 Å². The third-order valence-corrected chi connectivity index (χ3v) is 5.39. The van der Waals surface area contributed by atoms with Crippen molar-refractivity contribution >= 4 is 11.6 Å². The second-order valence-electron chi connectivity index (χ2n) is 6.93. The molecule has 110 valence electrons. The smallest absolute Gasteiger partial charge is 0.0408 e. The average molecular weight is 293 g/mol. The molecule has 1 heterocycles. The third-order valence-electron chi connectivity index (χ3n) is 5.15. The molecule has 0 amide bonds. The first-order chi connectivity index (χ1) is 9.56. The highest BCUT2D eigenvalue weighted by molar-refractivity contribution is 6.30. The van der Waals surface area contributed by atoms with Crippen LogP contribution < -0.4 is 5.32 Å². The standard InChI is InChI=1S/C17H25ClN2/c1-17(7-9-20(2)10-8-17)12-19-16-6-3-13-11-14(18)4-5-15(13)16/h4-5,11,16,19H,3,6-10,12H2,1-2H3. The van der Waals surface area contributed by atoms with E-state index in [1.165, 1.54) is 43.5 Å². The van der Waals surface area contributed by atoms with Gasteiger partial charge in [-0.2, -0.15) is 0 Å². The summed E-state index contributed by atoms with van der Waals surface area (Å²) in [6.07, 6.45) is 4.98. The molecule has 3 heteroatoms. The molecular weight excluding hydrogens is 268 g/mol. The van der Waals surface area contributed by atoms with Gasteiger partial charge in [0.1, 0.15) is 0 Å². The van der Waals surface area contributed by atoms with Crippen molar-refractivity contribution in [1.29, 1.82) is 0 Å². The van der Waals surface area contributed by atoms with Crippen molar-refractivity contribution in [3.63, 3.8) is 0 Å². The lowest BCUT2D eigenvalue weighted by atomic mass is 9.80. The Bertz CT molecular complexity index is 478. The van der Waals surface area contributed by atoms with Gasteiger partial charge < -0.3 is 10.2 Å². The Morgan fingerprint density at radius 1 is 1.35 bits per heavy atom. The molecule has 0 saturated carbocycles. The minimum absolute atomic E-state index is 0.460. The molecule has 1 unspecified atom stereocenters. The summed E-state index contributed by atoms with van der Waals surface area (Å²) in [6, 6.07) is 6.89. The SMILES string of the molecule is CN1CCC(C)(CNC2CCc3cc(Cl)ccc32)CC1. The molecule has 1 N–H and O–H groups in total. The number of benzene rings is 1. The molecule has 1 aliphatic heterocycles. The van der Waals surface area contributed by atoms with Gasteiger partial charge in [-0.05, 0) is 74.5 Å². The number of nitrogens with one attached hydrogen (secondary N) is 1. The van der Waals surface area contributed by atoms with E-state index in [0.29, 0.717) is 11.5 Å². The van der Waals surface area contributed by atoms with E-state index in [9.17, 15) is 0 Å². The van der Waals surface area contributed by atoms with Crippen molar-refractivity contribution in [3.05, 3.63) is 34.3 Å². The lowest BCUT2D eigenvalue weighted by molar-refractivity contribution is 0.133. The Morgan fingerprint density at radius 2 is 2.10 bits per heavy atom. The molecule has 2 aliphatic rings. The van der Waals surface area contributed by atoms with Crippen molar-refractivity contribution < 1.29 is 0 Å². The Balaban J connectivity index is 1.60. The van der Waals surface area contributed by atoms with Crippen LogP contribution in [0, 0.1) is 5.41 Å². The Morgan fingerprint density at radius 3 is 2.85 bits per heavy atom. The van der Waals surface area contributed by atoms with Gasteiger partial charge in [-0.15, -0.1) is 0 Å². The van der Waals surface area contributed by atoms with Crippen LogP contribution in [0.25, 0.3) is 0 Å². The second kappa shape index (κ2) is 5.67. The normalized spacial score (nSPS) is 25.6. The number of rotatable bonds is 3. The van der Waals surface area contributed by atoms with Crippen LogP contribution in [0.3, 0.4) is 0 Å². The number of hydrogen-bond donors (Lipinski definition) is 1. The van der Waals surface area contributed by atoms with E-state index >= 15 is 0 Å². The van der Waals surface area contributed by atoms with Crippen molar-refractivity contribution in [3.8, 4) is 0 Å². The molecule has 0 bridgehead atoms. The number of nitrogens with zero attached hydrogens (tertiary/aromatic N) is 1. The third kappa shape index (κ3) is 3.03. The van der Waals surface area contributed by atoms with E-state index in [-0.39, 0.29) is 0 Å². The zero-order valence-corrected chi connectivity index (χ0v) is 13.3. The summed E-state index contributed by atoms with van der Waals surface area (Å²) in [6.45, 7) is 6.03. The molecule has 0 radical (unpaired) electrons. The number of piperidine rings is 1. The van der Waals surface area contributed by atoms with E-state index < -0.39 is 0 Å². The van der Waals surface area contributed by atoms with Crippen LogP contribution in [-0.4, -0.2) is 31.6 Å². The van der Waals surface area contributed by atoms with Gasteiger partial charge in [0.15, 0.2) is 0 Å². The zero-order valence-electron chi connectivity index (χ0n) is 12.6. The lowest BCUT2D eigenvalue weighted by Gasteiger charge is -2.38. The number of hydrogen-bond acceptors (Lipinski definition) is 2. The highest BCUT2D eigenvalue weighted by Crippen LogP contribution is 2.35. The van der Waals surface area contributed by atoms with Gasteiger partial charge in [0.25, 0.3) is 0 Å². The molecule has 1 fully saturated rings. The molecule has 1 aliphatic carbocycles. The van der Waals surface area contributed by atoms with Crippen LogP contribution in [0.1, 0.15) is 43.4 Å². The van der Waals surface area contributed by atoms with Crippen molar-refractivity contribution in [2.45, 2.75) is 38.6 Å². The largest absolute Gasteiger partial charge is 0.309 e. The fourth-order valence-corrected chi connectivity index (χ4v) is 3.70. The Labute approximate surface area is 127 Å². The molecule has 0 spiro atoms. The average Bonchev–Trinajstić information content (AvgIpc) is 2.83. The predicted molar refractivity (Wildman–Crippen MR) is 85.4 cm³/mol. The van der Waals surface area contributed by atoms with Gasteiger partial charge >= 0.3 is 0 Å². The first kappa shape index (κ1) is 14.4. The number of likely N-dealkylation sites (tertiary alicyclic amines) is 1. The molecule has 1 saturated heterocycles. The first-order valence-electron chi connectivity index (χ1n) is 7.76. The fraction of sp³-hybridized carbons (Fsp3) is 0.647. The Hall–Kier alpha value is -0.570. The summed E-state index contributed by atoms with van der Waals surface area (Å²) < 4.78 is 0.